The molecule has 1 aromatic carbocycles. The van der Waals surface area contributed by atoms with Crippen molar-refractivity contribution >= 4 is 28.1 Å². The van der Waals surface area contributed by atoms with Gasteiger partial charge in [-0.15, -0.1) is 11.3 Å². The second-order valence-corrected chi connectivity index (χ2v) is 5.81. The van der Waals surface area contributed by atoms with E-state index < -0.39 is 0 Å². The minimum absolute atomic E-state index is 0.135. The summed E-state index contributed by atoms with van der Waals surface area (Å²) >= 11 is 1.47. The van der Waals surface area contributed by atoms with E-state index in [4.69, 9.17) is 4.42 Å². The maximum atomic E-state index is 13.3. The highest BCUT2D eigenvalue weighted by Gasteiger charge is 2.20. The molecule has 0 atom stereocenters. The zero-order valence-electron chi connectivity index (χ0n) is 11.2. The first kappa shape index (κ1) is 13.1. The largest absolute Gasteiger partial charge is 0.452 e. The molecule has 0 N–H and O–H groups in total. The van der Waals surface area contributed by atoms with Crippen LogP contribution < -0.4 is 0 Å². The summed E-state index contributed by atoms with van der Waals surface area (Å²) in [5, 5.41) is 0.653. The van der Waals surface area contributed by atoms with Crippen LogP contribution in [-0.4, -0.2) is 5.78 Å². The quantitative estimate of drug-likeness (QED) is 0.652. The molecule has 102 valence electrons. The van der Waals surface area contributed by atoms with Crippen molar-refractivity contribution in [2.45, 2.75) is 20.3 Å². The maximum absolute atomic E-state index is 13.3. The third kappa shape index (κ3) is 2.06. The highest BCUT2D eigenvalue weighted by atomic mass is 32.1. The van der Waals surface area contributed by atoms with Crippen LogP contribution in [0.3, 0.4) is 0 Å². The van der Waals surface area contributed by atoms with E-state index in [1.165, 1.54) is 23.5 Å². The van der Waals surface area contributed by atoms with E-state index in [0.717, 1.165) is 11.3 Å². The molecule has 0 saturated heterocycles. The van der Waals surface area contributed by atoms with Gasteiger partial charge in [0.1, 0.15) is 11.4 Å². The molecule has 0 radical (unpaired) electrons. The fraction of sp³-hybridized carbons (Fsp3) is 0.188. The summed E-state index contributed by atoms with van der Waals surface area (Å²) in [5.74, 6) is -0.163. The van der Waals surface area contributed by atoms with Crippen LogP contribution in [0.2, 0.25) is 0 Å². The Morgan fingerprint density at radius 1 is 1.30 bits per heavy atom. The third-order valence-electron chi connectivity index (χ3n) is 3.34. The fourth-order valence-corrected chi connectivity index (χ4v) is 3.10. The Morgan fingerprint density at radius 3 is 2.80 bits per heavy atom. The van der Waals surface area contributed by atoms with Crippen molar-refractivity contribution in [2.24, 2.45) is 0 Å². The molecule has 2 aromatic heterocycles. The minimum Gasteiger partial charge on any atom is -0.452 e. The molecule has 2 heterocycles. The molecule has 4 heteroatoms. The summed E-state index contributed by atoms with van der Waals surface area (Å²) in [5.41, 5.74) is 1.23. The summed E-state index contributed by atoms with van der Waals surface area (Å²) in [6.45, 7) is 3.84. The lowest BCUT2D eigenvalue weighted by molar-refractivity contribution is 0.101. The van der Waals surface area contributed by atoms with Crippen LogP contribution in [0.5, 0.6) is 0 Å². The molecule has 0 aliphatic rings. The lowest BCUT2D eigenvalue weighted by Gasteiger charge is -1.94. The molecule has 20 heavy (non-hydrogen) atoms. The van der Waals surface area contributed by atoms with Crippen LogP contribution >= 0.6 is 11.3 Å². The summed E-state index contributed by atoms with van der Waals surface area (Å²) in [4.78, 5) is 14.3. The topological polar surface area (TPSA) is 30.2 Å². The molecular formula is C16H13FO2S. The van der Waals surface area contributed by atoms with Crippen LogP contribution in [0.25, 0.3) is 11.0 Å². The lowest BCUT2D eigenvalue weighted by Crippen LogP contribution is -1.98. The molecule has 3 rings (SSSR count). The number of benzene rings is 1. The van der Waals surface area contributed by atoms with Crippen molar-refractivity contribution < 1.29 is 13.6 Å². The van der Waals surface area contributed by atoms with Gasteiger partial charge >= 0.3 is 0 Å². The van der Waals surface area contributed by atoms with Crippen molar-refractivity contribution in [1.29, 1.82) is 0 Å². The number of hydrogen-bond acceptors (Lipinski definition) is 3. The number of hydrogen-bond donors (Lipinski definition) is 0. The molecule has 0 spiro atoms. The Morgan fingerprint density at radius 2 is 2.10 bits per heavy atom. The van der Waals surface area contributed by atoms with Gasteiger partial charge in [0.15, 0.2) is 5.76 Å². The predicted molar refractivity (Wildman–Crippen MR) is 78.0 cm³/mol. The molecule has 3 aromatic rings. The summed E-state index contributed by atoms with van der Waals surface area (Å²) in [6.07, 6.45) is 0.905. The molecular weight excluding hydrogens is 275 g/mol. The Kier molecular flexibility index (Phi) is 3.18. The van der Waals surface area contributed by atoms with Gasteiger partial charge in [-0.1, -0.05) is 6.92 Å². The zero-order valence-corrected chi connectivity index (χ0v) is 12.0. The highest BCUT2D eigenvalue weighted by Crippen LogP contribution is 2.29. The van der Waals surface area contributed by atoms with Gasteiger partial charge in [0.05, 0.1) is 4.88 Å². The van der Waals surface area contributed by atoms with Crippen LogP contribution in [-0.2, 0) is 6.42 Å². The molecule has 0 aliphatic carbocycles. The van der Waals surface area contributed by atoms with Gasteiger partial charge in [-0.05, 0) is 43.7 Å². The van der Waals surface area contributed by atoms with Crippen molar-refractivity contribution in [3.05, 3.63) is 57.2 Å². The van der Waals surface area contributed by atoms with Gasteiger partial charge in [0.25, 0.3) is 0 Å². The standard InChI is InChI=1S/C16H13FO2S/c1-3-11-5-7-14(20-11)15(18)16-9(2)12-8-10(17)4-6-13(12)19-16/h4-8H,3H2,1-2H3. The molecule has 2 nitrogen and oxygen atoms in total. The van der Waals surface area contributed by atoms with Crippen molar-refractivity contribution in [2.75, 3.05) is 0 Å². The minimum atomic E-state index is -0.329. The van der Waals surface area contributed by atoms with E-state index in [1.54, 1.807) is 13.0 Å². The van der Waals surface area contributed by atoms with E-state index in [-0.39, 0.29) is 11.6 Å². The molecule has 0 amide bonds. The van der Waals surface area contributed by atoms with Gasteiger partial charge in [0.2, 0.25) is 5.78 Å². The third-order valence-corrected chi connectivity index (χ3v) is 4.57. The van der Waals surface area contributed by atoms with Crippen molar-refractivity contribution in [3.8, 4) is 0 Å². The van der Waals surface area contributed by atoms with Gasteiger partial charge < -0.3 is 4.42 Å². The number of carbonyl (C=O) groups excluding carboxylic acids is 1. The number of rotatable bonds is 3. The van der Waals surface area contributed by atoms with Crippen molar-refractivity contribution in [1.82, 2.24) is 0 Å². The lowest BCUT2D eigenvalue weighted by atomic mass is 10.1. The Bertz CT molecular complexity index is 798. The highest BCUT2D eigenvalue weighted by molar-refractivity contribution is 7.14. The average molecular weight is 288 g/mol. The van der Waals surface area contributed by atoms with Crippen molar-refractivity contribution in [3.63, 3.8) is 0 Å². The van der Waals surface area contributed by atoms with Crippen LogP contribution in [0.15, 0.2) is 34.7 Å². The Balaban J connectivity index is 2.09. The summed E-state index contributed by atoms with van der Waals surface area (Å²) in [6, 6.07) is 8.06. The number of fused-ring (bicyclic) bond motifs is 1. The van der Waals surface area contributed by atoms with Gasteiger partial charge in [0, 0.05) is 15.8 Å². The van der Waals surface area contributed by atoms with Crippen LogP contribution in [0, 0.1) is 12.7 Å². The number of halogens is 1. The average Bonchev–Trinajstić information content (AvgIpc) is 3.04. The second kappa shape index (κ2) is 4.87. The van der Waals surface area contributed by atoms with Crippen LogP contribution in [0.1, 0.15) is 32.8 Å². The predicted octanol–water partition coefficient (Wildman–Crippen LogP) is 4.74. The first-order valence-electron chi connectivity index (χ1n) is 6.42. The SMILES string of the molecule is CCc1ccc(C(=O)c2oc3ccc(F)cc3c2C)s1. The van der Waals surface area contributed by atoms with E-state index in [0.29, 0.717) is 27.2 Å². The molecule has 0 aliphatic heterocycles. The molecule has 0 unspecified atom stereocenters. The number of carbonyl (C=O) groups is 1. The van der Waals surface area contributed by atoms with E-state index >= 15 is 0 Å². The summed E-state index contributed by atoms with van der Waals surface area (Å²) in [7, 11) is 0. The molecule has 0 bridgehead atoms. The number of furan rings is 1. The smallest absolute Gasteiger partial charge is 0.238 e. The molecule has 0 saturated carbocycles. The number of thiophene rings is 1. The zero-order chi connectivity index (χ0) is 14.3. The van der Waals surface area contributed by atoms with Gasteiger partial charge in [-0.25, -0.2) is 4.39 Å². The Labute approximate surface area is 119 Å². The van der Waals surface area contributed by atoms with E-state index in [9.17, 15) is 9.18 Å². The molecule has 0 fully saturated rings. The van der Waals surface area contributed by atoms with Gasteiger partial charge in [-0.3, -0.25) is 4.79 Å². The monoisotopic (exact) mass is 288 g/mol. The maximum Gasteiger partial charge on any atom is 0.238 e. The summed E-state index contributed by atoms with van der Waals surface area (Å²) < 4.78 is 18.9. The fourth-order valence-electron chi connectivity index (χ4n) is 2.21. The first-order chi connectivity index (χ1) is 9.60. The van der Waals surface area contributed by atoms with E-state index in [1.807, 2.05) is 12.1 Å². The normalized spacial score (nSPS) is 11.2. The first-order valence-corrected chi connectivity index (χ1v) is 7.24. The van der Waals surface area contributed by atoms with Crippen LogP contribution in [0.4, 0.5) is 4.39 Å². The Hall–Kier alpha value is -1.94. The number of aryl methyl sites for hydroxylation is 2. The second-order valence-electron chi connectivity index (χ2n) is 4.65. The number of ketones is 1. The van der Waals surface area contributed by atoms with Gasteiger partial charge in [-0.2, -0.15) is 0 Å². The van der Waals surface area contributed by atoms with E-state index in [2.05, 4.69) is 6.92 Å².